The first kappa shape index (κ1) is 41.2. The van der Waals surface area contributed by atoms with Crippen LogP contribution in [0.15, 0.2) is 110 Å². The lowest BCUT2D eigenvalue weighted by Crippen LogP contribution is -2.04. The van der Waals surface area contributed by atoms with E-state index in [1.807, 2.05) is 72.8 Å². The molecule has 6 rings (SSSR count). The minimum Gasteiger partial charge on any atom is -0.504 e. The van der Waals surface area contributed by atoms with Crippen molar-refractivity contribution in [2.45, 2.75) is 26.7 Å². The molecule has 13 heteroatoms. The first-order chi connectivity index (χ1) is 26.5. The molecular weight excluding hydrogens is 724 g/mol. The SMILES string of the molecule is CC(=O)Cl.COc1ccc(Cc2cc(-c3ccccc3OC)ncn2)cc1O.COc1ccc(Cc2cc(-c3ccccc3OC)ncn2)cc1OC(C)=O. The zero-order chi connectivity index (χ0) is 39.7. The molecule has 0 aliphatic carbocycles. The number of rotatable bonds is 11. The molecule has 0 unspecified atom stereocenters. The standard InChI is InChI=1S/C21H20N2O4.C19H18N2O3.C2H3ClO/c1-14(24)27-21-11-15(8-9-20(21)26-3)10-16-12-18(23-13-22-16)17-6-4-5-7-19(17)25-2;1-23-18-6-4-3-5-15(18)16-11-14(20-12-21-16)9-13-7-8-19(24-2)17(22)10-13;1-2(3)4/h4-9,11-13H,10H2,1-3H3;3-8,10-12,22H,9H2,1-2H3;1H3. The van der Waals surface area contributed by atoms with Crippen LogP contribution >= 0.6 is 11.6 Å². The van der Waals surface area contributed by atoms with Gasteiger partial charge in [0, 0.05) is 49.2 Å². The van der Waals surface area contributed by atoms with Gasteiger partial charge in [0.15, 0.2) is 23.0 Å². The zero-order valence-corrected chi connectivity index (χ0v) is 32.0. The summed E-state index contributed by atoms with van der Waals surface area (Å²) in [5.41, 5.74) is 6.98. The van der Waals surface area contributed by atoms with Crippen LogP contribution in [0.25, 0.3) is 22.5 Å². The highest BCUT2D eigenvalue weighted by Gasteiger charge is 2.12. The number of para-hydroxylation sites is 2. The third kappa shape index (κ3) is 12.3. The first-order valence-corrected chi connectivity index (χ1v) is 17.2. The van der Waals surface area contributed by atoms with Gasteiger partial charge in [-0.1, -0.05) is 36.4 Å². The fraction of sp³-hybridized carbons (Fsp3) is 0.190. The number of hydrogen-bond acceptors (Lipinski definition) is 12. The molecular formula is C42H41ClN4O8. The highest BCUT2D eigenvalue weighted by atomic mass is 35.5. The van der Waals surface area contributed by atoms with E-state index < -0.39 is 5.97 Å². The molecule has 0 saturated heterocycles. The van der Waals surface area contributed by atoms with Crippen LogP contribution in [-0.4, -0.2) is 64.7 Å². The van der Waals surface area contributed by atoms with Crippen LogP contribution in [0.3, 0.4) is 0 Å². The predicted octanol–water partition coefficient (Wildman–Crippen LogP) is 7.91. The Labute approximate surface area is 324 Å². The van der Waals surface area contributed by atoms with E-state index >= 15 is 0 Å². The van der Waals surface area contributed by atoms with Crippen LogP contribution in [0.1, 0.15) is 36.4 Å². The van der Waals surface area contributed by atoms with Crippen LogP contribution in [0.4, 0.5) is 0 Å². The second-order valence-corrected chi connectivity index (χ2v) is 12.1. The second kappa shape index (κ2) is 20.6. The minimum absolute atomic E-state index is 0.119. The lowest BCUT2D eigenvalue weighted by atomic mass is 10.1. The van der Waals surface area contributed by atoms with E-state index in [-0.39, 0.29) is 11.0 Å². The minimum atomic E-state index is -0.397. The molecule has 0 aliphatic rings. The van der Waals surface area contributed by atoms with E-state index in [0.29, 0.717) is 30.1 Å². The molecule has 0 saturated carbocycles. The number of ether oxygens (including phenoxy) is 5. The number of esters is 1. The Morgan fingerprint density at radius 2 is 1.00 bits per heavy atom. The lowest BCUT2D eigenvalue weighted by molar-refractivity contribution is -0.132. The number of benzene rings is 4. The molecule has 12 nitrogen and oxygen atoms in total. The molecule has 284 valence electrons. The van der Waals surface area contributed by atoms with Crippen LogP contribution in [0.2, 0.25) is 0 Å². The van der Waals surface area contributed by atoms with Crippen molar-refractivity contribution in [3.05, 3.63) is 132 Å². The van der Waals surface area contributed by atoms with Crippen molar-refractivity contribution >= 4 is 22.8 Å². The summed E-state index contributed by atoms with van der Waals surface area (Å²) >= 11 is 4.64. The summed E-state index contributed by atoms with van der Waals surface area (Å²) in [6, 6.07) is 30.1. The molecule has 0 fully saturated rings. The van der Waals surface area contributed by atoms with E-state index in [0.717, 1.165) is 56.5 Å². The average Bonchev–Trinajstić information content (AvgIpc) is 3.18. The van der Waals surface area contributed by atoms with E-state index in [1.54, 1.807) is 44.8 Å². The summed E-state index contributed by atoms with van der Waals surface area (Å²) in [6.45, 7) is 2.65. The van der Waals surface area contributed by atoms with Crippen molar-refractivity contribution in [1.29, 1.82) is 0 Å². The summed E-state index contributed by atoms with van der Waals surface area (Å²) in [4.78, 5) is 37.9. The molecule has 0 atom stereocenters. The molecule has 0 aliphatic heterocycles. The quantitative estimate of drug-likeness (QED) is 0.0775. The smallest absolute Gasteiger partial charge is 0.308 e. The lowest BCUT2D eigenvalue weighted by Gasteiger charge is -2.11. The fourth-order valence-electron chi connectivity index (χ4n) is 5.33. The summed E-state index contributed by atoms with van der Waals surface area (Å²) in [6.07, 6.45) is 4.22. The van der Waals surface area contributed by atoms with Gasteiger partial charge in [0.05, 0.1) is 39.8 Å². The normalized spacial score (nSPS) is 10.1. The van der Waals surface area contributed by atoms with Gasteiger partial charge in [-0.2, -0.15) is 0 Å². The van der Waals surface area contributed by atoms with Gasteiger partial charge in [-0.15, -0.1) is 0 Å². The van der Waals surface area contributed by atoms with Crippen molar-refractivity contribution in [3.63, 3.8) is 0 Å². The number of halogens is 1. The predicted molar refractivity (Wildman–Crippen MR) is 209 cm³/mol. The highest BCUT2D eigenvalue weighted by molar-refractivity contribution is 6.62. The Morgan fingerprint density at radius 3 is 1.44 bits per heavy atom. The molecule has 0 amide bonds. The third-order valence-corrected chi connectivity index (χ3v) is 7.71. The maximum absolute atomic E-state index is 11.3. The maximum atomic E-state index is 11.3. The number of carbonyl (C=O) groups excluding carboxylic acids is 2. The summed E-state index contributed by atoms with van der Waals surface area (Å²) < 4.78 is 26.3. The second-order valence-electron chi connectivity index (χ2n) is 11.6. The third-order valence-electron chi connectivity index (χ3n) is 7.71. The Balaban J connectivity index is 0.000000224. The number of phenols is 1. The number of methoxy groups -OCH3 is 4. The number of aromatic hydroxyl groups is 1. The number of aromatic nitrogens is 4. The van der Waals surface area contributed by atoms with Gasteiger partial charge in [-0.3, -0.25) is 9.59 Å². The van der Waals surface area contributed by atoms with Gasteiger partial charge in [-0.05, 0) is 83.4 Å². The summed E-state index contributed by atoms with van der Waals surface area (Å²) in [5, 5.41) is 9.53. The van der Waals surface area contributed by atoms with E-state index in [1.165, 1.54) is 34.4 Å². The molecule has 0 bridgehead atoms. The van der Waals surface area contributed by atoms with Gasteiger partial charge in [-0.25, -0.2) is 19.9 Å². The number of nitrogens with zero attached hydrogens (tertiary/aromatic N) is 4. The Kier molecular flexibility index (Phi) is 15.5. The van der Waals surface area contributed by atoms with Gasteiger partial charge < -0.3 is 28.8 Å². The molecule has 6 aromatic rings. The molecule has 4 aromatic carbocycles. The van der Waals surface area contributed by atoms with Crippen LogP contribution in [0, 0.1) is 0 Å². The highest BCUT2D eigenvalue weighted by Crippen LogP contribution is 2.32. The van der Waals surface area contributed by atoms with Crippen molar-refractivity contribution in [2.24, 2.45) is 0 Å². The van der Waals surface area contributed by atoms with Gasteiger partial charge in [0.25, 0.3) is 0 Å². The summed E-state index contributed by atoms with van der Waals surface area (Å²) in [5.74, 6) is 2.59. The molecule has 0 radical (unpaired) electrons. The molecule has 55 heavy (non-hydrogen) atoms. The van der Waals surface area contributed by atoms with Gasteiger partial charge in [0.2, 0.25) is 5.24 Å². The number of phenolic OH excluding ortho intramolecular Hbond substituents is 1. The van der Waals surface area contributed by atoms with Gasteiger partial charge >= 0.3 is 5.97 Å². The monoisotopic (exact) mass is 764 g/mol. The topological polar surface area (TPSA) is 152 Å². The molecule has 2 heterocycles. The van der Waals surface area contributed by atoms with Crippen LogP contribution < -0.4 is 23.7 Å². The average molecular weight is 765 g/mol. The van der Waals surface area contributed by atoms with Crippen molar-refractivity contribution in [2.75, 3.05) is 28.4 Å². The van der Waals surface area contributed by atoms with Crippen molar-refractivity contribution < 1.29 is 38.4 Å². The number of hydrogen-bond donors (Lipinski definition) is 1. The maximum Gasteiger partial charge on any atom is 0.308 e. The van der Waals surface area contributed by atoms with Gasteiger partial charge in [0.1, 0.15) is 24.2 Å². The number of carbonyl (C=O) groups is 2. The van der Waals surface area contributed by atoms with E-state index in [4.69, 9.17) is 23.7 Å². The Hall–Kier alpha value is -6.53. The van der Waals surface area contributed by atoms with Crippen molar-refractivity contribution in [3.8, 4) is 57.0 Å². The zero-order valence-electron chi connectivity index (χ0n) is 31.3. The Morgan fingerprint density at radius 1 is 0.564 bits per heavy atom. The van der Waals surface area contributed by atoms with Crippen LogP contribution in [0.5, 0.6) is 34.5 Å². The molecule has 2 aromatic heterocycles. The van der Waals surface area contributed by atoms with E-state index in [2.05, 4.69) is 31.5 Å². The van der Waals surface area contributed by atoms with Crippen LogP contribution in [-0.2, 0) is 22.4 Å². The molecule has 1 N–H and O–H groups in total. The first-order valence-electron chi connectivity index (χ1n) is 16.8. The van der Waals surface area contributed by atoms with E-state index in [9.17, 15) is 14.7 Å². The Bertz CT molecular complexity index is 2210. The van der Waals surface area contributed by atoms with Crippen molar-refractivity contribution in [1.82, 2.24) is 19.9 Å². The summed E-state index contributed by atoms with van der Waals surface area (Å²) in [7, 11) is 6.33. The molecule has 0 spiro atoms. The largest absolute Gasteiger partial charge is 0.504 e. The fourth-order valence-corrected chi connectivity index (χ4v) is 5.33.